The lowest BCUT2D eigenvalue weighted by atomic mass is 10.1. The number of hydrogen-bond donors (Lipinski definition) is 0. The summed E-state index contributed by atoms with van der Waals surface area (Å²) >= 11 is 0. The third-order valence-corrected chi connectivity index (χ3v) is 5.69. The van der Waals surface area contributed by atoms with E-state index in [1.165, 1.54) is 12.1 Å². The van der Waals surface area contributed by atoms with E-state index in [4.69, 9.17) is 0 Å². The number of carbonyl (C=O) groups excluding carboxylic acids is 1. The standard InChI is InChI=1S/C19H23FN4O/c1-12-18(13(2)24(21-12)16-6-4-15(20)5-7-16)19(25)23-10-14-8-9-22(3)17(14)11-23/h4-7,14,17H,8-11H2,1-3H3/t14-,17+/m1/s1. The molecule has 2 aliphatic heterocycles. The van der Waals surface area contributed by atoms with Gasteiger partial charge in [0.2, 0.25) is 0 Å². The van der Waals surface area contributed by atoms with Gasteiger partial charge in [-0.05, 0) is 64.0 Å². The predicted octanol–water partition coefficient (Wildman–Crippen LogP) is 2.40. The quantitative estimate of drug-likeness (QED) is 0.842. The van der Waals surface area contributed by atoms with Crippen LogP contribution in [0, 0.1) is 25.6 Å². The average Bonchev–Trinajstić information content (AvgIpc) is 3.23. The third-order valence-electron chi connectivity index (χ3n) is 5.69. The summed E-state index contributed by atoms with van der Waals surface area (Å²) in [6.45, 7) is 6.51. The molecule has 0 aliphatic carbocycles. The summed E-state index contributed by atoms with van der Waals surface area (Å²) in [4.78, 5) is 17.4. The number of carbonyl (C=O) groups is 1. The van der Waals surface area contributed by atoms with Crippen molar-refractivity contribution in [1.29, 1.82) is 0 Å². The van der Waals surface area contributed by atoms with Crippen LogP contribution in [0.5, 0.6) is 0 Å². The topological polar surface area (TPSA) is 41.4 Å². The van der Waals surface area contributed by atoms with E-state index in [9.17, 15) is 9.18 Å². The molecule has 2 aromatic rings. The first-order valence-corrected chi connectivity index (χ1v) is 8.77. The number of aryl methyl sites for hydroxylation is 1. The van der Waals surface area contributed by atoms with Crippen LogP contribution in [0.25, 0.3) is 5.69 Å². The normalized spacial score (nSPS) is 23.3. The van der Waals surface area contributed by atoms with Gasteiger partial charge in [0, 0.05) is 19.1 Å². The van der Waals surface area contributed by atoms with Gasteiger partial charge in [0.15, 0.2) is 0 Å². The summed E-state index contributed by atoms with van der Waals surface area (Å²) in [7, 11) is 2.14. The van der Waals surface area contributed by atoms with Gasteiger partial charge in [0.05, 0.1) is 22.6 Å². The van der Waals surface area contributed by atoms with Crippen molar-refractivity contribution in [3.05, 3.63) is 47.0 Å². The molecular formula is C19H23FN4O. The van der Waals surface area contributed by atoms with Gasteiger partial charge in [-0.15, -0.1) is 0 Å². The molecule has 1 aromatic heterocycles. The number of fused-ring (bicyclic) bond motifs is 1. The second kappa shape index (κ2) is 5.95. The fourth-order valence-electron chi connectivity index (χ4n) is 4.28. The zero-order valence-corrected chi connectivity index (χ0v) is 14.9. The van der Waals surface area contributed by atoms with Crippen LogP contribution in [-0.2, 0) is 0 Å². The Morgan fingerprint density at radius 1 is 1.20 bits per heavy atom. The van der Waals surface area contributed by atoms with Crippen LogP contribution in [-0.4, -0.2) is 58.2 Å². The Hall–Kier alpha value is -2.21. The van der Waals surface area contributed by atoms with Crippen molar-refractivity contribution in [2.75, 3.05) is 26.7 Å². The first-order valence-electron chi connectivity index (χ1n) is 8.77. The molecule has 3 heterocycles. The number of aromatic nitrogens is 2. The van der Waals surface area contributed by atoms with E-state index in [1.807, 2.05) is 18.7 Å². The number of likely N-dealkylation sites (N-methyl/N-ethyl adjacent to an activating group) is 1. The Labute approximate surface area is 147 Å². The van der Waals surface area contributed by atoms with E-state index in [2.05, 4.69) is 17.0 Å². The molecule has 2 aliphatic rings. The third kappa shape index (κ3) is 2.65. The van der Waals surface area contributed by atoms with E-state index in [1.54, 1.807) is 16.8 Å². The maximum atomic E-state index is 13.2. The minimum atomic E-state index is -0.283. The van der Waals surface area contributed by atoms with Crippen molar-refractivity contribution < 1.29 is 9.18 Å². The molecule has 1 amide bonds. The zero-order chi connectivity index (χ0) is 17.7. The molecule has 132 valence electrons. The number of nitrogens with zero attached hydrogens (tertiary/aromatic N) is 4. The van der Waals surface area contributed by atoms with Crippen molar-refractivity contribution in [3.63, 3.8) is 0 Å². The van der Waals surface area contributed by atoms with Gasteiger partial charge >= 0.3 is 0 Å². The number of likely N-dealkylation sites (tertiary alicyclic amines) is 2. The molecular weight excluding hydrogens is 319 g/mol. The van der Waals surface area contributed by atoms with Crippen LogP contribution in [0.3, 0.4) is 0 Å². The van der Waals surface area contributed by atoms with E-state index >= 15 is 0 Å². The molecule has 0 radical (unpaired) electrons. The molecule has 0 unspecified atom stereocenters. The molecule has 0 N–H and O–H groups in total. The summed E-state index contributed by atoms with van der Waals surface area (Å²) < 4.78 is 14.9. The molecule has 0 spiro atoms. The van der Waals surface area contributed by atoms with E-state index < -0.39 is 0 Å². The molecule has 0 bridgehead atoms. The number of amides is 1. The molecule has 6 heteroatoms. The van der Waals surface area contributed by atoms with Crippen molar-refractivity contribution >= 4 is 5.91 Å². The SMILES string of the molecule is Cc1nn(-c2ccc(F)cc2)c(C)c1C(=O)N1C[C@H]2CCN(C)[C@H]2C1. The van der Waals surface area contributed by atoms with Gasteiger partial charge in [-0.2, -0.15) is 5.10 Å². The average molecular weight is 342 g/mol. The maximum absolute atomic E-state index is 13.2. The van der Waals surface area contributed by atoms with Crippen LogP contribution < -0.4 is 0 Å². The van der Waals surface area contributed by atoms with E-state index in [0.717, 1.165) is 43.1 Å². The first kappa shape index (κ1) is 16.3. The molecule has 25 heavy (non-hydrogen) atoms. The lowest BCUT2D eigenvalue weighted by Gasteiger charge is -2.21. The van der Waals surface area contributed by atoms with Gasteiger partial charge in [0.25, 0.3) is 5.91 Å². The fourth-order valence-corrected chi connectivity index (χ4v) is 4.28. The van der Waals surface area contributed by atoms with Gasteiger partial charge < -0.3 is 9.80 Å². The highest BCUT2D eigenvalue weighted by atomic mass is 19.1. The molecule has 2 fully saturated rings. The van der Waals surface area contributed by atoms with Crippen molar-refractivity contribution in [2.45, 2.75) is 26.3 Å². The van der Waals surface area contributed by atoms with E-state index in [-0.39, 0.29) is 11.7 Å². The molecule has 1 aromatic carbocycles. The van der Waals surface area contributed by atoms with Crippen molar-refractivity contribution in [1.82, 2.24) is 19.6 Å². The smallest absolute Gasteiger partial charge is 0.257 e. The highest BCUT2D eigenvalue weighted by molar-refractivity contribution is 5.96. The Balaban J connectivity index is 1.63. The van der Waals surface area contributed by atoms with Crippen LogP contribution in [0.4, 0.5) is 4.39 Å². The monoisotopic (exact) mass is 342 g/mol. The van der Waals surface area contributed by atoms with Gasteiger partial charge in [-0.1, -0.05) is 0 Å². The summed E-state index contributed by atoms with van der Waals surface area (Å²) in [5.74, 6) is 0.363. The Morgan fingerprint density at radius 3 is 2.60 bits per heavy atom. The van der Waals surface area contributed by atoms with Gasteiger partial charge in [0.1, 0.15) is 5.82 Å². The van der Waals surface area contributed by atoms with E-state index in [0.29, 0.717) is 17.5 Å². The van der Waals surface area contributed by atoms with Crippen LogP contribution in [0.15, 0.2) is 24.3 Å². The van der Waals surface area contributed by atoms with Crippen molar-refractivity contribution in [3.8, 4) is 5.69 Å². The largest absolute Gasteiger partial charge is 0.337 e. The molecule has 5 nitrogen and oxygen atoms in total. The lowest BCUT2D eigenvalue weighted by Crippen LogP contribution is -2.35. The molecule has 2 atom stereocenters. The molecule has 2 saturated heterocycles. The Morgan fingerprint density at radius 2 is 1.92 bits per heavy atom. The number of rotatable bonds is 2. The van der Waals surface area contributed by atoms with Crippen LogP contribution in [0.2, 0.25) is 0 Å². The maximum Gasteiger partial charge on any atom is 0.257 e. The number of hydrogen-bond acceptors (Lipinski definition) is 3. The Kier molecular flexibility index (Phi) is 3.87. The summed E-state index contributed by atoms with van der Waals surface area (Å²) in [6, 6.07) is 6.66. The highest BCUT2D eigenvalue weighted by Gasteiger charge is 2.42. The summed E-state index contributed by atoms with van der Waals surface area (Å²) in [5.41, 5.74) is 2.96. The summed E-state index contributed by atoms with van der Waals surface area (Å²) in [6.07, 6.45) is 1.16. The number of benzene rings is 1. The molecule has 4 rings (SSSR count). The highest BCUT2D eigenvalue weighted by Crippen LogP contribution is 2.32. The molecule has 0 saturated carbocycles. The fraction of sp³-hybridized carbons (Fsp3) is 0.474. The second-order valence-electron chi connectivity index (χ2n) is 7.24. The van der Waals surface area contributed by atoms with Gasteiger partial charge in [-0.25, -0.2) is 9.07 Å². The lowest BCUT2D eigenvalue weighted by molar-refractivity contribution is 0.0773. The van der Waals surface area contributed by atoms with Crippen LogP contribution in [0.1, 0.15) is 28.2 Å². The minimum Gasteiger partial charge on any atom is -0.337 e. The second-order valence-corrected chi connectivity index (χ2v) is 7.24. The van der Waals surface area contributed by atoms with Gasteiger partial charge in [-0.3, -0.25) is 4.79 Å². The number of halogens is 1. The first-order chi connectivity index (χ1) is 12.0. The summed E-state index contributed by atoms with van der Waals surface area (Å²) in [5, 5.41) is 4.53. The predicted molar refractivity (Wildman–Crippen MR) is 93.4 cm³/mol. The van der Waals surface area contributed by atoms with Crippen LogP contribution >= 0.6 is 0 Å². The van der Waals surface area contributed by atoms with Crippen molar-refractivity contribution in [2.24, 2.45) is 5.92 Å². The Bertz CT molecular complexity index is 814. The zero-order valence-electron chi connectivity index (χ0n) is 14.9. The minimum absolute atomic E-state index is 0.0613.